The van der Waals surface area contributed by atoms with Gasteiger partial charge in [0.05, 0.1) is 12.6 Å². The number of rotatable bonds is 6. The molecule has 4 aromatic rings. The summed E-state index contributed by atoms with van der Waals surface area (Å²) in [6.45, 7) is 3.01. The van der Waals surface area contributed by atoms with Crippen LogP contribution in [-0.4, -0.2) is 59.9 Å². The number of anilines is 1. The van der Waals surface area contributed by atoms with Crippen molar-refractivity contribution in [2.75, 3.05) is 38.9 Å². The number of piperidine rings is 1. The summed E-state index contributed by atoms with van der Waals surface area (Å²) < 4.78 is 16.8. The quantitative estimate of drug-likeness (QED) is 0.396. The number of fused-ring (bicyclic) bond motifs is 2. The smallest absolute Gasteiger partial charge is 0.231 e. The largest absolute Gasteiger partial charge is 0.481 e. The summed E-state index contributed by atoms with van der Waals surface area (Å²) >= 11 is 0. The van der Waals surface area contributed by atoms with Crippen LogP contribution in [0.25, 0.3) is 22.0 Å². The Hall–Kier alpha value is -3.91. The second-order valence-corrected chi connectivity index (χ2v) is 9.31. The highest BCUT2D eigenvalue weighted by molar-refractivity contribution is 5.89. The SMILES string of the molecule is COc1ccc(-c2cc(CN(C)C3CCN(c4ncnc5ccccc45)CC3)cc3c2OCO3)cn1. The Morgan fingerprint density at radius 2 is 1.89 bits per heavy atom. The van der Waals surface area contributed by atoms with E-state index in [2.05, 4.69) is 56.1 Å². The number of hydrogen-bond donors (Lipinski definition) is 0. The van der Waals surface area contributed by atoms with Crippen molar-refractivity contribution in [3.05, 3.63) is 66.6 Å². The molecule has 0 spiro atoms. The van der Waals surface area contributed by atoms with E-state index in [4.69, 9.17) is 14.2 Å². The first-order valence-electron chi connectivity index (χ1n) is 12.3. The summed E-state index contributed by atoms with van der Waals surface area (Å²) in [4.78, 5) is 18.2. The van der Waals surface area contributed by atoms with E-state index < -0.39 is 0 Å². The molecule has 36 heavy (non-hydrogen) atoms. The van der Waals surface area contributed by atoms with Crippen LogP contribution in [0.1, 0.15) is 18.4 Å². The van der Waals surface area contributed by atoms with Crippen molar-refractivity contribution in [1.82, 2.24) is 19.9 Å². The molecule has 2 aromatic carbocycles. The molecule has 4 heterocycles. The van der Waals surface area contributed by atoms with Gasteiger partial charge in [0.25, 0.3) is 0 Å². The third kappa shape index (κ3) is 4.28. The lowest BCUT2D eigenvalue weighted by Gasteiger charge is -2.37. The molecule has 8 nitrogen and oxygen atoms in total. The monoisotopic (exact) mass is 483 g/mol. The maximum Gasteiger partial charge on any atom is 0.231 e. The van der Waals surface area contributed by atoms with Crippen LogP contribution in [0.4, 0.5) is 5.82 Å². The lowest BCUT2D eigenvalue weighted by molar-refractivity contribution is 0.174. The van der Waals surface area contributed by atoms with Crippen LogP contribution in [0, 0.1) is 0 Å². The fraction of sp³-hybridized carbons (Fsp3) is 0.321. The van der Waals surface area contributed by atoms with Crippen molar-refractivity contribution in [2.24, 2.45) is 0 Å². The van der Waals surface area contributed by atoms with Gasteiger partial charge in [-0.15, -0.1) is 0 Å². The van der Waals surface area contributed by atoms with E-state index in [-0.39, 0.29) is 6.79 Å². The molecular weight excluding hydrogens is 454 g/mol. The lowest BCUT2D eigenvalue weighted by atomic mass is 10.00. The Bertz CT molecular complexity index is 1360. The third-order valence-electron chi connectivity index (χ3n) is 7.13. The number of methoxy groups -OCH3 is 1. The Balaban J connectivity index is 1.17. The highest BCUT2D eigenvalue weighted by atomic mass is 16.7. The van der Waals surface area contributed by atoms with Gasteiger partial charge in [0.1, 0.15) is 12.1 Å². The van der Waals surface area contributed by atoms with E-state index in [1.165, 1.54) is 5.56 Å². The molecule has 2 aromatic heterocycles. The molecule has 8 heteroatoms. The van der Waals surface area contributed by atoms with Gasteiger partial charge in [-0.2, -0.15) is 0 Å². The van der Waals surface area contributed by atoms with Crippen LogP contribution in [0.2, 0.25) is 0 Å². The molecule has 184 valence electrons. The number of hydrogen-bond acceptors (Lipinski definition) is 8. The normalized spacial score (nSPS) is 15.6. The van der Waals surface area contributed by atoms with Gasteiger partial charge in [-0.05, 0) is 55.8 Å². The van der Waals surface area contributed by atoms with E-state index in [0.717, 1.165) is 71.8 Å². The highest BCUT2D eigenvalue weighted by Crippen LogP contribution is 2.43. The summed E-state index contributed by atoms with van der Waals surface area (Å²) in [5.74, 6) is 3.19. The van der Waals surface area contributed by atoms with Crippen molar-refractivity contribution in [3.8, 4) is 28.5 Å². The average Bonchev–Trinajstić information content (AvgIpc) is 3.41. The maximum absolute atomic E-state index is 5.79. The van der Waals surface area contributed by atoms with Gasteiger partial charge < -0.3 is 19.1 Å². The Morgan fingerprint density at radius 3 is 2.69 bits per heavy atom. The van der Waals surface area contributed by atoms with Crippen LogP contribution in [0.3, 0.4) is 0 Å². The van der Waals surface area contributed by atoms with Gasteiger partial charge in [0, 0.05) is 54.5 Å². The number of pyridine rings is 1. The van der Waals surface area contributed by atoms with E-state index in [9.17, 15) is 0 Å². The van der Waals surface area contributed by atoms with Crippen LogP contribution in [-0.2, 0) is 6.54 Å². The van der Waals surface area contributed by atoms with Crippen molar-refractivity contribution < 1.29 is 14.2 Å². The van der Waals surface area contributed by atoms with Crippen LogP contribution in [0.15, 0.2) is 61.1 Å². The third-order valence-corrected chi connectivity index (χ3v) is 7.13. The first-order valence-corrected chi connectivity index (χ1v) is 12.3. The molecule has 0 bridgehead atoms. The summed E-state index contributed by atoms with van der Waals surface area (Å²) in [5, 5.41) is 1.12. The molecule has 1 saturated heterocycles. The Morgan fingerprint density at radius 1 is 1.03 bits per heavy atom. The molecule has 2 aliphatic heterocycles. The number of para-hydroxylation sites is 1. The topological polar surface area (TPSA) is 72.8 Å². The molecule has 6 rings (SSSR count). The predicted molar refractivity (Wildman–Crippen MR) is 139 cm³/mol. The summed E-state index contributed by atoms with van der Waals surface area (Å²) in [6, 6.07) is 16.9. The average molecular weight is 484 g/mol. The van der Waals surface area contributed by atoms with E-state index in [1.807, 2.05) is 30.5 Å². The van der Waals surface area contributed by atoms with Gasteiger partial charge in [0.2, 0.25) is 12.7 Å². The molecular formula is C28H29N5O3. The summed E-state index contributed by atoms with van der Waals surface area (Å²) in [5.41, 5.74) is 4.16. The number of benzene rings is 2. The molecule has 1 fully saturated rings. The van der Waals surface area contributed by atoms with Crippen molar-refractivity contribution in [3.63, 3.8) is 0 Å². The molecule has 0 aliphatic carbocycles. The summed E-state index contributed by atoms with van der Waals surface area (Å²) in [7, 11) is 3.83. The van der Waals surface area contributed by atoms with Crippen molar-refractivity contribution in [1.29, 1.82) is 0 Å². The lowest BCUT2D eigenvalue weighted by Crippen LogP contribution is -2.43. The van der Waals surface area contributed by atoms with E-state index in [0.29, 0.717) is 11.9 Å². The van der Waals surface area contributed by atoms with Gasteiger partial charge in [-0.1, -0.05) is 12.1 Å². The van der Waals surface area contributed by atoms with Crippen molar-refractivity contribution >= 4 is 16.7 Å². The van der Waals surface area contributed by atoms with Crippen LogP contribution in [0.5, 0.6) is 17.4 Å². The van der Waals surface area contributed by atoms with Crippen molar-refractivity contribution in [2.45, 2.75) is 25.4 Å². The minimum atomic E-state index is 0.237. The minimum Gasteiger partial charge on any atom is -0.481 e. The Kier molecular flexibility index (Phi) is 6.03. The Labute approximate surface area is 210 Å². The van der Waals surface area contributed by atoms with Gasteiger partial charge in [-0.25, -0.2) is 15.0 Å². The zero-order chi connectivity index (χ0) is 24.5. The summed E-state index contributed by atoms with van der Waals surface area (Å²) in [6.07, 6.45) is 5.64. The van der Waals surface area contributed by atoms with Crippen LogP contribution < -0.4 is 19.1 Å². The standard InChI is InChI=1S/C28H29N5O3/c1-32(21-9-11-33(12-10-21)28-22-5-3-4-6-24(22)30-17-31-28)16-19-13-23(27-25(14-19)35-18-36-27)20-7-8-26(34-2)29-15-20/h3-8,13-15,17,21H,9-12,16,18H2,1-2H3. The molecule has 0 radical (unpaired) electrons. The second kappa shape index (κ2) is 9.62. The fourth-order valence-corrected chi connectivity index (χ4v) is 5.21. The molecule has 0 unspecified atom stereocenters. The first-order chi connectivity index (χ1) is 17.7. The number of ether oxygens (including phenoxy) is 3. The van der Waals surface area contributed by atoms with Gasteiger partial charge in [0.15, 0.2) is 11.5 Å². The molecule has 0 saturated carbocycles. The zero-order valence-corrected chi connectivity index (χ0v) is 20.6. The second-order valence-electron chi connectivity index (χ2n) is 9.31. The number of nitrogens with zero attached hydrogens (tertiary/aromatic N) is 5. The number of aromatic nitrogens is 3. The maximum atomic E-state index is 5.79. The van der Waals surface area contributed by atoms with E-state index in [1.54, 1.807) is 13.4 Å². The van der Waals surface area contributed by atoms with Gasteiger partial charge in [-0.3, -0.25) is 4.90 Å². The highest BCUT2D eigenvalue weighted by Gasteiger charge is 2.26. The molecule has 0 amide bonds. The zero-order valence-electron chi connectivity index (χ0n) is 20.6. The first kappa shape index (κ1) is 22.5. The fourth-order valence-electron chi connectivity index (χ4n) is 5.21. The van der Waals surface area contributed by atoms with Crippen LogP contribution >= 0.6 is 0 Å². The molecule has 0 atom stereocenters. The molecule has 0 N–H and O–H groups in total. The van der Waals surface area contributed by atoms with Gasteiger partial charge >= 0.3 is 0 Å². The molecule has 2 aliphatic rings. The predicted octanol–water partition coefficient (Wildman–Crippen LogP) is 4.53. The minimum absolute atomic E-state index is 0.237. The van der Waals surface area contributed by atoms with E-state index >= 15 is 0 Å².